The Morgan fingerprint density at radius 1 is 1.38 bits per heavy atom. The third-order valence-electron chi connectivity index (χ3n) is 3.18. The Bertz CT molecular complexity index is 624. The molecule has 0 spiro atoms. The second kappa shape index (κ2) is 6.49. The number of carbonyl (C=O) groups is 1. The minimum atomic E-state index is -0.0345. The molecule has 1 aromatic heterocycles. The zero-order valence-electron chi connectivity index (χ0n) is 11.3. The van der Waals surface area contributed by atoms with Gasteiger partial charge in [-0.15, -0.1) is 5.10 Å². The molecule has 0 bridgehead atoms. The molecule has 1 aliphatic rings. The molecular formula is C14H15ClN4OS. The van der Waals surface area contributed by atoms with Crippen molar-refractivity contribution in [2.75, 3.05) is 5.75 Å². The van der Waals surface area contributed by atoms with Gasteiger partial charge in [-0.25, -0.2) is 4.98 Å². The number of nitrogens with zero attached hydrogens (tertiary/aromatic N) is 2. The summed E-state index contributed by atoms with van der Waals surface area (Å²) in [6.45, 7) is 0.498. The molecule has 1 fully saturated rings. The molecule has 0 unspecified atom stereocenters. The van der Waals surface area contributed by atoms with E-state index in [0.29, 0.717) is 28.4 Å². The van der Waals surface area contributed by atoms with Crippen molar-refractivity contribution >= 4 is 29.3 Å². The van der Waals surface area contributed by atoms with Crippen LogP contribution < -0.4 is 5.32 Å². The fourth-order valence-electron chi connectivity index (χ4n) is 1.85. The minimum Gasteiger partial charge on any atom is -0.351 e. The Hall–Kier alpha value is -1.53. The van der Waals surface area contributed by atoms with Crippen LogP contribution in [0.1, 0.15) is 30.1 Å². The number of halogens is 1. The molecule has 7 heteroatoms. The largest absolute Gasteiger partial charge is 0.351 e. The predicted molar refractivity (Wildman–Crippen MR) is 82.4 cm³/mol. The van der Waals surface area contributed by atoms with Crippen LogP contribution >= 0.6 is 23.4 Å². The number of hydrogen-bond donors (Lipinski definition) is 2. The van der Waals surface area contributed by atoms with Gasteiger partial charge in [0.1, 0.15) is 5.82 Å². The summed E-state index contributed by atoms with van der Waals surface area (Å²) in [5.41, 5.74) is 1.02. The predicted octanol–water partition coefficient (Wildman–Crippen LogP) is 2.74. The van der Waals surface area contributed by atoms with E-state index >= 15 is 0 Å². The van der Waals surface area contributed by atoms with Crippen LogP contribution in [0.5, 0.6) is 0 Å². The van der Waals surface area contributed by atoms with E-state index in [-0.39, 0.29) is 5.91 Å². The Balaban J connectivity index is 1.42. The summed E-state index contributed by atoms with van der Waals surface area (Å²) in [6, 6.07) is 7.41. The first-order chi connectivity index (χ1) is 10.2. The molecule has 1 aromatic carbocycles. The first-order valence-corrected chi connectivity index (χ1v) is 8.13. The summed E-state index contributed by atoms with van der Waals surface area (Å²) < 4.78 is 0. The van der Waals surface area contributed by atoms with Gasteiger partial charge < -0.3 is 5.32 Å². The van der Waals surface area contributed by atoms with Gasteiger partial charge in [0.15, 0.2) is 0 Å². The molecule has 5 nitrogen and oxygen atoms in total. The fourth-order valence-corrected chi connectivity index (χ4v) is 2.61. The minimum absolute atomic E-state index is 0.0345. The summed E-state index contributed by atoms with van der Waals surface area (Å²) in [4.78, 5) is 16.2. The zero-order chi connectivity index (χ0) is 14.7. The third-order valence-corrected chi connectivity index (χ3v) is 4.28. The van der Waals surface area contributed by atoms with Crippen molar-refractivity contribution in [3.05, 3.63) is 40.7 Å². The summed E-state index contributed by atoms with van der Waals surface area (Å²) in [5, 5.41) is 11.2. The number of aromatic nitrogens is 3. The highest BCUT2D eigenvalue weighted by Crippen LogP contribution is 2.38. The van der Waals surface area contributed by atoms with E-state index in [9.17, 15) is 4.79 Å². The van der Waals surface area contributed by atoms with Gasteiger partial charge in [-0.3, -0.25) is 9.89 Å². The molecular weight excluding hydrogens is 308 g/mol. The van der Waals surface area contributed by atoms with Crippen LogP contribution in [0.2, 0.25) is 5.02 Å². The van der Waals surface area contributed by atoms with Crippen LogP contribution in [0, 0.1) is 0 Å². The number of nitrogens with one attached hydrogen (secondary N) is 2. The van der Waals surface area contributed by atoms with E-state index in [4.69, 9.17) is 11.6 Å². The summed E-state index contributed by atoms with van der Waals surface area (Å²) in [6.07, 6.45) is 2.36. The molecule has 0 saturated heterocycles. The number of carbonyl (C=O) groups excluding carboxylic acids is 1. The van der Waals surface area contributed by atoms with E-state index in [1.165, 1.54) is 24.6 Å². The average Bonchev–Trinajstić information content (AvgIpc) is 3.23. The normalized spacial score (nSPS) is 14.1. The topological polar surface area (TPSA) is 70.7 Å². The fraction of sp³-hybridized carbons (Fsp3) is 0.357. The Kier molecular flexibility index (Phi) is 4.45. The Morgan fingerprint density at radius 2 is 2.14 bits per heavy atom. The Labute approximate surface area is 131 Å². The molecule has 0 aliphatic heterocycles. The van der Waals surface area contributed by atoms with Gasteiger partial charge in [-0.05, 0) is 30.5 Å². The first-order valence-electron chi connectivity index (χ1n) is 6.77. The second-order valence-electron chi connectivity index (χ2n) is 4.97. The van der Waals surface area contributed by atoms with Crippen molar-refractivity contribution in [1.29, 1.82) is 0 Å². The molecule has 1 amide bonds. The molecule has 1 aliphatic carbocycles. The van der Waals surface area contributed by atoms with Crippen molar-refractivity contribution in [2.45, 2.75) is 30.5 Å². The van der Waals surface area contributed by atoms with E-state index in [0.717, 1.165) is 11.4 Å². The molecule has 2 N–H and O–H groups in total. The van der Waals surface area contributed by atoms with Crippen molar-refractivity contribution in [3.8, 4) is 0 Å². The maximum Gasteiger partial charge on any atom is 0.230 e. The lowest BCUT2D eigenvalue weighted by molar-refractivity contribution is -0.118. The van der Waals surface area contributed by atoms with Gasteiger partial charge in [-0.1, -0.05) is 35.5 Å². The number of rotatable bonds is 6. The van der Waals surface area contributed by atoms with Gasteiger partial charge in [0.2, 0.25) is 11.1 Å². The number of H-pyrrole nitrogens is 1. The van der Waals surface area contributed by atoms with E-state index in [1.54, 1.807) is 0 Å². The number of amides is 1. The van der Waals surface area contributed by atoms with Crippen LogP contribution in [0.4, 0.5) is 0 Å². The van der Waals surface area contributed by atoms with Crippen LogP contribution in [0.25, 0.3) is 0 Å². The average molecular weight is 323 g/mol. The number of hydrogen-bond acceptors (Lipinski definition) is 4. The highest BCUT2D eigenvalue weighted by Gasteiger charge is 2.27. The van der Waals surface area contributed by atoms with Gasteiger partial charge in [-0.2, -0.15) is 0 Å². The van der Waals surface area contributed by atoms with Crippen LogP contribution in [0.3, 0.4) is 0 Å². The molecule has 3 rings (SSSR count). The molecule has 21 heavy (non-hydrogen) atoms. The van der Waals surface area contributed by atoms with Crippen LogP contribution in [-0.2, 0) is 11.3 Å². The van der Waals surface area contributed by atoms with Crippen molar-refractivity contribution < 1.29 is 4.79 Å². The molecule has 0 atom stereocenters. The highest BCUT2D eigenvalue weighted by molar-refractivity contribution is 7.99. The van der Waals surface area contributed by atoms with E-state index < -0.39 is 0 Å². The SMILES string of the molecule is O=C(CSc1n[nH]c(C2CC2)n1)NCc1ccc(Cl)cc1. The number of benzene rings is 1. The molecule has 1 saturated carbocycles. The van der Waals surface area contributed by atoms with E-state index in [1.807, 2.05) is 24.3 Å². The van der Waals surface area contributed by atoms with Crippen LogP contribution in [0.15, 0.2) is 29.4 Å². The second-order valence-corrected chi connectivity index (χ2v) is 6.35. The lowest BCUT2D eigenvalue weighted by atomic mass is 10.2. The maximum absolute atomic E-state index is 11.8. The van der Waals surface area contributed by atoms with Crippen LogP contribution in [-0.4, -0.2) is 26.8 Å². The molecule has 0 radical (unpaired) electrons. The van der Waals surface area contributed by atoms with E-state index in [2.05, 4.69) is 20.5 Å². The van der Waals surface area contributed by atoms with Gasteiger partial charge in [0.05, 0.1) is 5.75 Å². The van der Waals surface area contributed by atoms with Crippen molar-refractivity contribution in [2.24, 2.45) is 0 Å². The number of aromatic amines is 1. The highest BCUT2D eigenvalue weighted by atomic mass is 35.5. The van der Waals surface area contributed by atoms with Gasteiger partial charge in [0.25, 0.3) is 0 Å². The van der Waals surface area contributed by atoms with Crippen molar-refractivity contribution in [3.63, 3.8) is 0 Å². The quantitative estimate of drug-likeness (QED) is 0.802. The standard InChI is InChI=1S/C14H15ClN4OS/c15-11-5-1-9(2-6-11)7-16-12(20)8-21-14-17-13(18-19-14)10-3-4-10/h1-2,5-6,10H,3-4,7-8H2,(H,16,20)(H,17,18,19). The molecule has 110 valence electrons. The number of thioether (sulfide) groups is 1. The zero-order valence-corrected chi connectivity index (χ0v) is 12.9. The third kappa shape index (κ3) is 4.22. The lowest BCUT2D eigenvalue weighted by Gasteiger charge is -2.04. The molecule has 1 heterocycles. The molecule has 2 aromatic rings. The van der Waals surface area contributed by atoms with Gasteiger partial charge >= 0.3 is 0 Å². The summed E-state index contributed by atoms with van der Waals surface area (Å²) in [7, 11) is 0. The summed E-state index contributed by atoms with van der Waals surface area (Å²) in [5.74, 6) is 1.77. The smallest absolute Gasteiger partial charge is 0.230 e. The monoisotopic (exact) mass is 322 g/mol. The van der Waals surface area contributed by atoms with Gasteiger partial charge in [0, 0.05) is 17.5 Å². The Morgan fingerprint density at radius 3 is 2.86 bits per heavy atom. The first kappa shape index (κ1) is 14.4. The van der Waals surface area contributed by atoms with Crippen molar-refractivity contribution in [1.82, 2.24) is 20.5 Å². The lowest BCUT2D eigenvalue weighted by Crippen LogP contribution is -2.24. The maximum atomic E-state index is 11.8. The summed E-state index contributed by atoms with van der Waals surface area (Å²) >= 11 is 7.16.